The minimum Gasteiger partial charge on any atom is -0.483 e. The number of carbonyl (C=O) groups excluding carboxylic acids is 1. The largest absolute Gasteiger partial charge is 0.483 e. The quantitative estimate of drug-likeness (QED) is 0.0920. The van der Waals surface area contributed by atoms with Gasteiger partial charge < -0.3 is 14.6 Å². The fourth-order valence-corrected chi connectivity index (χ4v) is 5.39. The van der Waals surface area contributed by atoms with Gasteiger partial charge in [-0.05, 0) is 42.3 Å². The van der Waals surface area contributed by atoms with Crippen LogP contribution in [0.15, 0.2) is 78.0 Å². The highest BCUT2D eigenvalue weighted by Gasteiger charge is 2.32. The van der Waals surface area contributed by atoms with E-state index in [2.05, 4.69) is 22.4 Å². The highest BCUT2D eigenvalue weighted by atomic mass is 35.5. The molecule has 0 spiro atoms. The second-order valence-corrected chi connectivity index (χ2v) is 10.9. The van der Waals surface area contributed by atoms with Crippen LogP contribution in [0.1, 0.15) is 54.8 Å². The molecule has 1 atom stereocenters. The third kappa shape index (κ3) is 8.25. The number of unbranched alkanes of at least 4 members (excludes halogenated alkanes) is 3. The van der Waals surface area contributed by atoms with Crippen molar-refractivity contribution in [3.8, 4) is 5.75 Å². The third-order valence-electron chi connectivity index (χ3n) is 6.34. The number of amides is 1. The normalized spacial score (nSPS) is 12.2. The molecule has 1 heterocycles. The summed E-state index contributed by atoms with van der Waals surface area (Å²) in [5, 5.41) is 10.6. The van der Waals surface area contributed by atoms with Crippen LogP contribution in [0.5, 0.6) is 5.75 Å². The van der Waals surface area contributed by atoms with Gasteiger partial charge in [0, 0.05) is 6.54 Å². The van der Waals surface area contributed by atoms with E-state index in [0.717, 1.165) is 55.6 Å². The van der Waals surface area contributed by atoms with Crippen LogP contribution in [-0.4, -0.2) is 20.7 Å². The zero-order valence-electron chi connectivity index (χ0n) is 22.7. The molecule has 1 aromatic heterocycles. The lowest BCUT2D eigenvalue weighted by Gasteiger charge is -2.19. The van der Waals surface area contributed by atoms with Crippen molar-refractivity contribution in [1.82, 2.24) is 14.8 Å². The maximum atomic E-state index is 14.1. The monoisotopic (exact) mass is 620 g/mol. The summed E-state index contributed by atoms with van der Waals surface area (Å²) in [6, 6.07) is 17.6. The summed E-state index contributed by atoms with van der Waals surface area (Å²) >= 11 is 7.26. The Bertz CT molecular complexity index is 1480. The molecule has 0 bridgehead atoms. The van der Waals surface area contributed by atoms with E-state index in [9.17, 15) is 22.4 Å². The van der Waals surface area contributed by atoms with Crippen LogP contribution in [0, 0.1) is 5.82 Å². The number of alkyl halides is 3. The molecule has 0 fully saturated rings. The second-order valence-electron chi connectivity index (χ2n) is 9.42. The van der Waals surface area contributed by atoms with Crippen LogP contribution in [0.2, 0.25) is 5.02 Å². The van der Waals surface area contributed by atoms with Crippen molar-refractivity contribution in [3.63, 3.8) is 0 Å². The van der Waals surface area contributed by atoms with Crippen molar-refractivity contribution in [2.75, 3.05) is 5.32 Å². The molecule has 0 aliphatic rings. The first-order chi connectivity index (χ1) is 20.2. The Morgan fingerprint density at radius 1 is 1.02 bits per heavy atom. The number of hydrogen-bond donors (Lipinski definition) is 1. The topological polar surface area (TPSA) is 69.0 Å². The molecule has 222 valence electrons. The summed E-state index contributed by atoms with van der Waals surface area (Å²) in [6.45, 7) is 2.59. The van der Waals surface area contributed by atoms with Crippen LogP contribution in [0.3, 0.4) is 0 Å². The summed E-state index contributed by atoms with van der Waals surface area (Å²) in [4.78, 5) is 13.6. The lowest BCUT2D eigenvalue weighted by Crippen LogP contribution is -2.20. The van der Waals surface area contributed by atoms with Crippen molar-refractivity contribution >= 4 is 35.0 Å². The van der Waals surface area contributed by atoms with Gasteiger partial charge in [0.2, 0.25) is 5.91 Å². The average molecular weight is 621 g/mol. The smallest absolute Gasteiger partial charge is 0.416 e. The van der Waals surface area contributed by atoms with E-state index in [4.69, 9.17) is 16.3 Å². The highest BCUT2D eigenvalue weighted by molar-refractivity contribution is 8.00. The lowest BCUT2D eigenvalue weighted by atomic mass is 10.1. The number of nitrogens with one attached hydrogen (secondary N) is 1. The Balaban J connectivity index is 1.62. The Hall–Kier alpha value is -3.57. The molecule has 0 saturated carbocycles. The van der Waals surface area contributed by atoms with E-state index < -0.39 is 28.7 Å². The molecule has 12 heteroatoms. The van der Waals surface area contributed by atoms with Crippen molar-refractivity contribution < 1.29 is 27.1 Å². The molecule has 3 aromatic carbocycles. The maximum Gasteiger partial charge on any atom is 0.416 e. The molecule has 0 aliphatic carbocycles. The van der Waals surface area contributed by atoms with Gasteiger partial charge in [0.05, 0.1) is 16.3 Å². The minimum atomic E-state index is -4.60. The van der Waals surface area contributed by atoms with Gasteiger partial charge in [-0.2, -0.15) is 13.2 Å². The van der Waals surface area contributed by atoms with Gasteiger partial charge in [0.15, 0.2) is 22.5 Å². The Morgan fingerprint density at radius 2 is 1.76 bits per heavy atom. The number of halogens is 5. The first-order valence-electron chi connectivity index (χ1n) is 13.4. The molecule has 1 N–H and O–H groups in total. The SMILES string of the molecule is CCCCCCn1c(COc2ccccc2F)nnc1S[C@H](C(=O)Nc1cc(C(F)(F)F)ccc1Cl)c1ccccc1. The standard InChI is InChI=1S/C30H29ClF4N4O2S/c1-2-3-4-10-17-39-26(19-41-25-14-9-8-13-23(25)32)37-38-29(39)42-27(20-11-6-5-7-12-20)28(40)36-24-18-21(30(33,34)35)15-16-22(24)31/h5-9,11-16,18,27H,2-4,10,17,19H2,1H3,(H,36,40)/t27-/m0/s1. The van der Waals surface area contributed by atoms with Crippen LogP contribution in [0.4, 0.5) is 23.2 Å². The summed E-state index contributed by atoms with van der Waals surface area (Å²) in [5.41, 5.74) is -0.483. The molecule has 0 unspecified atom stereocenters. The average Bonchev–Trinajstić information content (AvgIpc) is 3.35. The number of rotatable bonds is 13. The first-order valence-corrected chi connectivity index (χ1v) is 14.6. The summed E-state index contributed by atoms with van der Waals surface area (Å²) < 4.78 is 61.6. The van der Waals surface area contributed by atoms with Crippen molar-refractivity contribution in [2.24, 2.45) is 0 Å². The van der Waals surface area contributed by atoms with Crippen molar-refractivity contribution in [2.45, 2.75) is 62.3 Å². The summed E-state index contributed by atoms with van der Waals surface area (Å²) in [6.07, 6.45) is -0.746. The number of ether oxygens (including phenoxy) is 1. The molecule has 6 nitrogen and oxygen atoms in total. The van der Waals surface area contributed by atoms with Crippen molar-refractivity contribution in [3.05, 3.63) is 101 Å². The molecular weight excluding hydrogens is 592 g/mol. The number of hydrogen-bond acceptors (Lipinski definition) is 5. The van der Waals surface area contributed by atoms with Crippen LogP contribution < -0.4 is 10.1 Å². The van der Waals surface area contributed by atoms with Gasteiger partial charge in [0.25, 0.3) is 0 Å². The van der Waals surface area contributed by atoms with E-state index in [-0.39, 0.29) is 23.1 Å². The highest BCUT2D eigenvalue weighted by Crippen LogP contribution is 2.38. The number of para-hydroxylation sites is 1. The summed E-state index contributed by atoms with van der Waals surface area (Å²) in [7, 11) is 0. The summed E-state index contributed by atoms with van der Waals surface area (Å²) in [5.74, 6) is -0.565. The zero-order valence-corrected chi connectivity index (χ0v) is 24.3. The number of carbonyl (C=O) groups is 1. The predicted octanol–water partition coefficient (Wildman–Crippen LogP) is 8.72. The van der Waals surface area contributed by atoms with Crippen LogP contribution >= 0.6 is 23.4 Å². The molecule has 1 amide bonds. The van der Waals surface area contributed by atoms with E-state index in [1.807, 2.05) is 4.57 Å². The number of thioether (sulfide) groups is 1. The first kappa shape index (κ1) is 31.4. The molecule has 4 aromatic rings. The van der Waals surface area contributed by atoms with Gasteiger partial charge in [0.1, 0.15) is 11.9 Å². The Labute approximate surface area is 250 Å². The third-order valence-corrected chi connectivity index (χ3v) is 7.90. The van der Waals surface area contributed by atoms with E-state index >= 15 is 0 Å². The Kier molecular flexibility index (Phi) is 10.9. The number of benzene rings is 3. The molecule has 4 rings (SSSR count). The fraction of sp³-hybridized carbons (Fsp3) is 0.300. The molecule has 42 heavy (non-hydrogen) atoms. The van der Waals surface area contributed by atoms with E-state index in [1.54, 1.807) is 42.5 Å². The van der Waals surface area contributed by atoms with Gasteiger partial charge >= 0.3 is 6.18 Å². The predicted molar refractivity (Wildman–Crippen MR) is 155 cm³/mol. The number of anilines is 1. The van der Waals surface area contributed by atoms with Crippen LogP contribution in [-0.2, 0) is 24.1 Å². The maximum absolute atomic E-state index is 14.1. The molecule has 0 aliphatic heterocycles. The number of nitrogens with zero attached hydrogens (tertiary/aromatic N) is 3. The van der Waals surface area contributed by atoms with Crippen LogP contribution in [0.25, 0.3) is 0 Å². The Morgan fingerprint density at radius 3 is 2.48 bits per heavy atom. The van der Waals surface area contributed by atoms with E-state index in [0.29, 0.717) is 23.1 Å². The van der Waals surface area contributed by atoms with Gasteiger partial charge in [-0.3, -0.25) is 4.79 Å². The van der Waals surface area contributed by atoms with E-state index in [1.165, 1.54) is 12.1 Å². The molecular formula is C30H29ClF4N4O2S. The van der Waals surface area contributed by atoms with Gasteiger partial charge in [-0.15, -0.1) is 10.2 Å². The van der Waals surface area contributed by atoms with Gasteiger partial charge in [-0.25, -0.2) is 4.39 Å². The zero-order chi connectivity index (χ0) is 30.1. The molecule has 0 saturated heterocycles. The second kappa shape index (κ2) is 14.6. The molecule has 0 radical (unpaired) electrons. The lowest BCUT2D eigenvalue weighted by molar-refractivity contribution is -0.137. The number of aromatic nitrogens is 3. The van der Waals surface area contributed by atoms with Crippen molar-refractivity contribution in [1.29, 1.82) is 0 Å². The van der Waals surface area contributed by atoms with Gasteiger partial charge in [-0.1, -0.05) is 92.0 Å². The minimum absolute atomic E-state index is 0.0279. The fourth-order valence-electron chi connectivity index (χ4n) is 4.14.